The minimum absolute atomic E-state index is 0.127. The molecule has 0 atom stereocenters. The number of aryl methyl sites for hydroxylation is 2. The fourth-order valence-corrected chi connectivity index (χ4v) is 4.29. The van der Waals surface area contributed by atoms with Gasteiger partial charge >= 0.3 is 0 Å². The molecule has 0 heterocycles. The van der Waals surface area contributed by atoms with Gasteiger partial charge in [-0.15, -0.1) is 0 Å². The summed E-state index contributed by atoms with van der Waals surface area (Å²) in [5.41, 5.74) is 4.62. The van der Waals surface area contributed by atoms with Crippen LogP contribution in [0.4, 0.5) is 11.4 Å². The molecule has 0 saturated carbocycles. The number of nitrogens with zero attached hydrogens (tertiary/aromatic N) is 1. The van der Waals surface area contributed by atoms with Gasteiger partial charge in [0.1, 0.15) is 5.75 Å². The quantitative estimate of drug-likeness (QED) is 0.526. The van der Waals surface area contributed by atoms with E-state index in [1.54, 1.807) is 48.5 Å². The summed E-state index contributed by atoms with van der Waals surface area (Å²) in [5.74, 6) is 0.287. The monoisotopic (exact) mass is 452 g/mol. The van der Waals surface area contributed by atoms with Crippen molar-refractivity contribution in [2.24, 2.45) is 0 Å². The molecule has 0 aromatic heterocycles. The van der Waals surface area contributed by atoms with Crippen LogP contribution in [0.15, 0.2) is 66.7 Å². The van der Waals surface area contributed by atoms with Gasteiger partial charge in [0.05, 0.1) is 25.1 Å². The predicted octanol–water partition coefficient (Wildman–Crippen LogP) is 4.92. The molecule has 3 rings (SSSR count). The van der Waals surface area contributed by atoms with E-state index in [4.69, 9.17) is 4.74 Å². The highest BCUT2D eigenvalue weighted by Gasteiger charge is 2.21. The minimum atomic E-state index is -3.56. The molecule has 7 heteroatoms. The van der Waals surface area contributed by atoms with Crippen LogP contribution >= 0.6 is 0 Å². The number of para-hydroxylation sites is 2. The number of benzene rings is 3. The van der Waals surface area contributed by atoms with Gasteiger partial charge in [-0.3, -0.25) is 9.10 Å². The molecule has 1 N–H and O–H groups in total. The molecule has 6 nitrogen and oxygen atoms in total. The maximum atomic E-state index is 12.6. The number of nitrogens with one attached hydrogen (secondary N) is 1. The molecule has 0 bridgehead atoms. The van der Waals surface area contributed by atoms with Crippen LogP contribution in [-0.2, 0) is 16.6 Å². The van der Waals surface area contributed by atoms with Crippen LogP contribution < -0.4 is 14.4 Å². The average molecular weight is 453 g/mol. The topological polar surface area (TPSA) is 75.7 Å². The van der Waals surface area contributed by atoms with E-state index in [0.717, 1.165) is 22.4 Å². The van der Waals surface area contributed by atoms with E-state index in [0.29, 0.717) is 23.6 Å². The first-order valence-corrected chi connectivity index (χ1v) is 12.2. The third-order valence-electron chi connectivity index (χ3n) is 5.01. The standard InChI is InChI=1S/C25H28N2O4S/c1-5-31-24-9-7-6-8-23(24)27(32(4,29)30)17-20-11-13-21(14-12-20)25(28)26-22-15-10-18(2)16-19(22)3/h6-16H,5,17H2,1-4H3,(H,26,28). The second-order valence-electron chi connectivity index (χ2n) is 7.64. The fraction of sp³-hybridized carbons (Fsp3) is 0.240. The van der Waals surface area contributed by atoms with Gasteiger partial charge in [0.15, 0.2) is 0 Å². The van der Waals surface area contributed by atoms with E-state index in [2.05, 4.69) is 5.32 Å². The lowest BCUT2D eigenvalue weighted by Gasteiger charge is -2.24. The first kappa shape index (κ1) is 23.3. The molecule has 0 aliphatic rings. The Hall–Kier alpha value is -3.32. The summed E-state index contributed by atoms with van der Waals surface area (Å²) < 4.78 is 32.0. The van der Waals surface area contributed by atoms with E-state index in [-0.39, 0.29) is 12.5 Å². The summed E-state index contributed by atoms with van der Waals surface area (Å²) in [5, 5.41) is 2.92. The van der Waals surface area contributed by atoms with Crippen LogP contribution in [0.1, 0.15) is 34.0 Å². The average Bonchev–Trinajstić information content (AvgIpc) is 2.74. The molecule has 0 radical (unpaired) electrons. The van der Waals surface area contributed by atoms with Gasteiger partial charge in [0, 0.05) is 11.3 Å². The van der Waals surface area contributed by atoms with Crippen LogP contribution in [0.5, 0.6) is 5.75 Å². The summed E-state index contributed by atoms with van der Waals surface area (Å²) in [4.78, 5) is 12.6. The Morgan fingerprint density at radius 1 is 1.00 bits per heavy atom. The highest BCUT2D eigenvalue weighted by Crippen LogP contribution is 2.31. The molecule has 0 unspecified atom stereocenters. The summed E-state index contributed by atoms with van der Waals surface area (Å²) in [6, 6.07) is 19.8. The molecule has 3 aromatic rings. The van der Waals surface area contributed by atoms with Gasteiger partial charge in [-0.25, -0.2) is 8.42 Å². The van der Waals surface area contributed by atoms with Crippen molar-refractivity contribution < 1.29 is 17.9 Å². The van der Waals surface area contributed by atoms with Crippen molar-refractivity contribution in [2.45, 2.75) is 27.3 Å². The number of anilines is 2. The Balaban J connectivity index is 1.80. The Morgan fingerprint density at radius 3 is 2.31 bits per heavy atom. The fourth-order valence-electron chi connectivity index (χ4n) is 3.40. The minimum Gasteiger partial charge on any atom is -0.492 e. The second-order valence-corrected chi connectivity index (χ2v) is 9.55. The number of hydrogen-bond donors (Lipinski definition) is 1. The zero-order chi connectivity index (χ0) is 23.3. The lowest BCUT2D eigenvalue weighted by atomic mass is 10.1. The van der Waals surface area contributed by atoms with E-state index >= 15 is 0 Å². The summed E-state index contributed by atoms with van der Waals surface area (Å²) >= 11 is 0. The molecule has 0 saturated heterocycles. The number of amides is 1. The lowest BCUT2D eigenvalue weighted by Crippen LogP contribution is -2.29. The predicted molar refractivity (Wildman–Crippen MR) is 129 cm³/mol. The van der Waals surface area contributed by atoms with E-state index in [9.17, 15) is 13.2 Å². The maximum Gasteiger partial charge on any atom is 0.255 e. The molecule has 3 aromatic carbocycles. The number of rotatable bonds is 8. The number of ether oxygens (including phenoxy) is 1. The molecular weight excluding hydrogens is 424 g/mol. The molecule has 0 aliphatic carbocycles. The molecule has 168 valence electrons. The number of carbonyl (C=O) groups is 1. The molecule has 0 aliphatic heterocycles. The normalized spacial score (nSPS) is 11.1. The van der Waals surface area contributed by atoms with E-state index in [1.807, 2.05) is 39.0 Å². The van der Waals surface area contributed by atoms with Gasteiger partial charge < -0.3 is 10.1 Å². The summed E-state index contributed by atoms with van der Waals surface area (Å²) in [6.07, 6.45) is 1.17. The van der Waals surface area contributed by atoms with Gasteiger partial charge in [0.2, 0.25) is 10.0 Å². The Morgan fingerprint density at radius 2 is 1.69 bits per heavy atom. The summed E-state index contributed by atoms with van der Waals surface area (Å²) in [7, 11) is -3.56. The van der Waals surface area contributed by atoms with Crippen LogP contribution in [0.2, 0.25) is 0 Å². The van der Waals surface area contributed by atoms with Gasteiger partial charge in [0.25, 0.3) is 5.91 Å². The number of hydrogen-bond acceptors (Lipinski definition) is 4. The highest BCUT2D eigenvalue weighted by atomic mass is 32.2. The van der Waals surface area contributed by atoms with Crippen molar-refractivity contribution >= 4 is 27.3 Å². The van der Waals surface area contributed by atoms with Gasteiger partial charge in [-0.05, 0) is 62.2 Å². The molecular formula is C25H28N2O4S. The third-order valence-corrected chi connectivity index (χ3v) is 6.13. The lowest BCUT2D eigenvalue weighted by molar-refractivity contribution is 0.102. The van der Waals surface area contributed by atoms with Crippen molar-refractivity contribution in [1.82, 2.24) is 0 Å². The number of sulfonamides is 1. The smallest absolute Gasteiger partial charge is 0.255 e. The van der Waals surface area contributed by atoms with Crippen molar-refractivity contribution in [2.75, 3.05) is 22.5 Å². The second kappa shape index (κ2) is 9.87. The van der Waals surface area contributed by atoms with Crippen molar-refractivity contribution in [3.05, 3.63) is 89.0 Å². The Labute approximate surface area is 189 Å². The van der Waals surface area contributed by atoms with Crippen molar-refractivity contribution in [3.63, 3.8) is 0 Å². The highest BCUT2D eigenvalue weighted by molar-refractivity contribution is 7.92. The van der Waals surface area contributed by atoms with Crippen LogP contribution in [0.3, 0.4) is 0 Å². The van der Waals surface area contributed by atoms with Crippen LogP contribution in [-0.4, -0.2) is 27.2 Å². The van der Waals surface area contributed by atoms with Gasteiger partial charge in [-0.2, -0.15) is 0 Å². The maximum absolute atomic E-state index is 12.6. The van der Waals surface area contributed by atoms with Crippen LogP contribution in [0.25, 0.3) is 0 Å². The molecule has 32 heavy (non-hydrogen) atoms. The SMILES string of the molecule is CCOc1ccccc1N(Cc1ccc(C(=O)Nc2ccc(C)cc2C)cc1)S(C)(=O)=O. The van der Waals surface area contributed by atoms with Crippen LogP contribution in [0, 0.1) is 13.8 Å². The first-order chi connectivity index (χ1) is 15.2. The van der Waals surface area contributed by atoms with Crippen molar-refractivity contribution in [3.8, 4) is 5.75 Å². The van der Waals surface area contributed by atoms with E-state index in [1.165, 1.54) is 10.6 Å². The zero-order valence-corrected chi connectivity index (χ0v) is 19.6. The zero-order valence-electron chi connectivity index (χ0n) is 18.8. The third kappa shape index (κ3) is 5.68. The Kier molecular flexibility index (Phi) is 7.20. The molecule has 1 amide bonds. The number of carbonyl (C=O) groups excluding carboxylic acids is 1. The molecule has 0 fully saturated rings. The first-order valence-electron chi connectivity index (χ1n) is 10.4. The Bertz CT molecular complexity index is 1200. The van der Waals surface area contributed by atoms with Crippen molar-refractivity contribution in [1.29, 1.82) is 0 Å². The summed E-state index contributed by atoms with van der Waals surface area (Å²) in [6.45, 7) is 6.36. The molecule has 0 spiro atoms. The van der Waals surface area contributed by atoms with E-state index < -0.39 is 10.0 Å². The van der Waals surface area contributed by atoms with Gasteiger partial charge in [-0.1, -0.05) is 42.0 Å². The largest absolute Gasteiger partial charge is 0.492 e.